The van der Waals surface area contributed by atoms with E-state index in [9.17, 15) is 4.79 Å². The van der Waals surface area contributed by atoms with Gasteiger partial charge in [-0.1, -0.05) is 59.9 Å². The maximum absolute atomic E-state index is 12.3. The number of hydrogen-bond acceptors (Lipinski definition) is 8. The summed E-state index contributed by atoms with van der Waals surface area (Å²) in [6.45, 7) is 2.04. The van der Waals surface area contributed by atoms with E-state index >= 15 is 0 Å². The molecule has 0 aliphatic rings. The van der Waals surface area contributed by atoms with Crippen LogP contribution in [0.15, 0.2) is 35.5 Å². The second kappa shape index (κ2) is 8.32. The molecule has 0 saturated heterocycles. The smallest absolute Gasteiger partial charge is 0.271 e. The maximum Gasteiger partial charge on any atom is 0.271 e. The molecule has 0 fully saturated rings. The summed E-state index contributed by atoms with van der Waals surface area (Å²) in [5.41, 5.74) is 1.95. The maximum atomic E-state index is 12.3. The Morgan fingerprint density at radius 1 is 1.25 bits per heavy atom. The van der Waals surface area contributed by atoms with Crippen molar-refractivity contribution in [3.8, 4) is 0 Å². The van der Waals surface area contributed by atoms with Gasteiger partial charge in [-0.3, -0.25) is 10.1 Å². The number of benzene rings is 1. The number of rotatable bonds is 7. The van der Waals surface area contributed by atoms with E-state index in [0.717, 1.165) is 35.8 Å². The van der Waals surface area contributed by atoms with Crippen molar-refractivity contribution in [3.63, 3.8) is 0 Å². The third-order valence-electron chi connectivity index (χ3n) is 3.09. The third kappa shape index (κ3) is 4.37. The van der Waals surface area contributed by atoms with Gasteiger partial charge < -0.3 is 0 Å². The molecule has 1 aromatic carbocycles. The third-order valence-corrected chi connectivity index (χ3v) is 5.52. The van der Waals surface area contributed by atoms with Crippen molar-refractivity contribution in [1.29, 1.82) is 0 Å². The van der Waals surface area contributed by atoms with Crippen molar-refractivity contribution in [2.45, 2.75) is 30.7 Å². The molecule has 3 aromatic rings. The van der Waals surface area contributed by atoms with E-state index in [0.29, 0.717) is 15.2 Å². The molecular weight excluding hydrogens is 362 g/mol. The fraction of sp³-hybridized carbons (Fsp3) is 0.267. The van der Waals surface area contributed by atoms with Crippen LogP contribution in [0.2, 0.25) is 0 Å². The molecule has 9 heteroatoms. The lowest BCUT2D eigenvalue weighted by atomic mass is 10.2. The zero-order valence-electron chi connectivity index (χ0n) is 12.9. The Morgan fingerprint density at radius 3 is 2.88 bits per heavy atom. The highest BCUT2D eigenvalue weighted by Crippen LogP contribution is 2.24. The van der Waals surface area contributed by atoms with Crippen LogP contribution in [0.5, 0.6) is 0 Å². The van der Waals surface area contributed by atoms with Gasteiger partial charge in [0.2, 0.25) is 10.3 Å². The van der Waals surface area contributed by atoms with Gasteiger partial charge in [-0.2, -0.15) is 9.36 Å². The van der Waals surface area contributed by atoms with E-state index in [1.54, 1.807) is 11.8 Å². The van der Waals surface area contributed by atoms with Crippen molar-refractivity contribution in [1.82, 2.24) is 18.9 Å². The quantitative estimate of drug-likeness (QED) is 0.629. The number of aryl methyl sites for hydroxylation is 1. The first-order valence-corrected chi connectivity index (χ1v) is 9.92. The fourth-order valence-electron chi connectivity index (χ4n) is 1.98. The van der Waals surface area contributed by atoms with Crippen molar-refractivity contribution in [2.75, 3.05) is 5.32 Å². The summed E-state index contributed by atoms with van der Waals surface area (Å²) in [6, 6.07) is 10.1. The largest absolute Gasteiger partial charge is 0.296 e. The Morgan fingerprint density at radius 2 is 2.08 bits per heavy atom. The number of amides is 1. The molecule has 0 bridgehead atoms. The molecule has 0 spiro atoms. The van der Waals surface area contributed by atoms with Crippen LogP contribution in [-0.2, 0) is 12.2 Å². The lowest BCUT2D eigenvalue weighted by Crippen LogP contribution is -2.12. The van der Waals surface area contributed by atoms with E-state index < -0.39 is 0 Å². The highest BCUT2D eigenvalue weighted by molar-refractivity contribution is 7.98. The van der Waals surface area contributed by atoms with Crippen molar-refractivity contribution < 1.29 is 4.79 Å². The number of nitrogens with one attached hydrogen (secondary N) is 1. The molecule has 1 amide bonds. The minimum atomic E-state index is -0.218. The number of thioether (sulfide) groups is 1. The number of carbonyl (C=O) groups is 1. The van der Waals surface area contributed by atoms with Crippen LogP contribution in [0.4, 0.5) is 5.13 Å². The normalized spacial score (nSPS) is 10.7. The minimum absolute atomic E-state index is 0.218. The average Bonchev–Trinajstić information content (AvgIpc) is 3.24. The van der Waals surface area contributed by atoms with Crippen LogP contribution < -0.4 is 5.32 Å². The highest BCUT2D eigenvalue weighted by atomic mass is 32.2. The SMILES string of the molecule is CCCc1nnsc1C(=O)Nc1nc(SCc2ccccc2)ns1. The van der Waals surface area contributed by atoms with Crippen LogP contribution in [0, 0.1) is 0 Å². The molecule has 2 aromatic heterocycles. The molecule has 0 aliphatic carbocycles. The van der Waals surface area contributed by atoms with Crippen LogP contribution in [0.25, 0.3) is 0 Å². The molecule has 0 radical (unpaired) electrons. The van der Waals surface area contributed by atoms with Crippen LogP contribution in [0.3, 0.4) is 0 Å². The van der Waals surface area contributed by atoms with Crippen LogP contribution in [-0.4, -0.2) is 24.9 Å². The summed E-state index contributed by atoms with van der Waals surface area (Å²) in [5, 5.41) is 7.95. The zero-order chi connectivity index (χ0) is 16.8. The first-order valence-electron chi connectivity index (χ1n) is 7.39. The highest BCUT2D eigenvalue weighted by Gasteiger charge is 2.17. The van der Waals surface area contributed by atoms with E-state index in [1.807, 2.05) is 25.1 Å². The summed E-state index contributed by atoms with van der Waals surface area (Å²) in [5.74, 6) is 0.578. The van der Waals surface area contributed by atoms with E-state index in [2.05, 4.69) is 36.4 Å². The lowest BCUT2D eigenvalue weighted by Gasteiger charge is -1.99. The predicted octanol–water partition coefficient (Wildman–Crippen LogP) is 3.89. The molecule has 24 heavy (non-hydrogen) atoms. The molecule has 124 valence electrons. The molecule has 0 aliphatic heterocycles. The van der Waals surface area contributed by atoms with Crippen molar-refractivity contribution >= 4 is 45.9 Å². The van der Waals surface area contributed by atoms with Gasteiger partial charge in [-0.15, -0.1) is 5.10 Å². The summed E-state index contributed by atoms with van der Waals surface area (Å²) >= 11 is 3.83. The second-order valence-corrected chi connectivity index (χ2v) is 7.36. The van der Waals surface area contributed by atoms with Gasteiger partial charge in [0, 0.05) is 17.3 Å². The number of aromatic nitrogens is 4. The topological polar surface area (TPSA) is 80.7 Å². The molecular formula is C15H15N5OS3. The minimum Gasteiger partial charge on any atom is -0.296 e. The summed E-state index contributed by atoms with van der Waals surface area (Å²) in [4.78, 5) is 17.2. The van der Waals surface area contributed by atoms with E-state index in [4.69, 9.17) is 0 Å². The number of carbonyl (C=O) groups excluding carboxylic acids is 1. The summed E-state index contributed by atoms with van der Waals surface area (Å²) in [6.07, 6.45) is 1.67. The Balaban J connectivity index is 1.59. The van der Waals surface area contributed by atoms with Gasteiger partial charge in [-0.05, 0) is 23.5 Å². The average molecular weight is 378 g/mol. The van der Waals surface area contributed by atoms with Gasteiger partial charge in [0.1, 0.15) is 4.88 Å². The summed E-state index contributed by atoms with van der Waals surface area (Å²) < 4.78 is 8.14. The second-order valence-electron chi connectivity index (χ2n) is 4.91. The fourth-order valence-corrected chi connectivity index (χ4v) is 4.08. The Bertz CT molecular complexity index is 802. The first kappa shape index (κ1) is 17.0. The predicted molar refractivity (Wildman–Crippen MR) is 97.8 cm³/mol. The monoisotopic (exact) mass is 377 g/mol. The van der Waals surface area contributed by atoms with Gasteiger partial charge in [0.25, 0.3) is 5.91 Å². The van der Waals surface area contributed by atoms with Crippen LogP contribution >= 0.6 is 34.8 Å². The first-order chi connectivity index (χ1) is 11.8. The molecule has 3 rings (SSSR count). The Kier molecular flexibility index (Phi) is 5.89. The van der Waals surface area contributed by atoms with Gasteiger partial charge in [0.15, 0.2) is 0 Å². The number of hydrogen-bond donors (Lipinski definition) is 1. The van der Waals surface area contributed by atoms with Crippen molar-refractivity contribution in [3.05, 3.63) is 46.5 Å². The standard InChI is InChI=1S/C15H15N5OS3/c1-2-6-11-12(23-20-18-11)13(21)16-14-17-15(19-24-14)22-9-10-7-4-3-5-8-10/h3-5,7-8H,2,6,9H2,1H3,(H,16,17,19,21). The number of anilines is 1. The van der Waals surface area contributed by atoms with Gasteiger partial charge in [0.05, 0.1) is 5.69 Å². The molecule has 2 heterocycles. The zero-order valence-corrected chi connectivity index (χ0v) is 15.4. The molecule has 0 saturated carbocycles. The molecule has 6 nitrogen and oxygen atoms in total. The summed E-state index contributed by atoms with van der Waals surface area (Å²) in [7, 11) is 0. The number of nitrogens with zero attached hydrogens (tertiary/aromatic N) is 4. The van der Waals surface area contributed by atoms with Crippen LogP contribution in [0.1, 0.15) is 34.3 Å². The Labute approximate surface area is 152 Å². The Hall–Kier alpha value is -1.84. The molecule has 1 N–H and O–H groups in total. The molecule has 0 unspecified atom stereocenters. The van der Waals surface area contributed by atoms with E-state index in [1.165, 1.54) is 17.1 Å². The molecule has 0 atom stereocenters. The van der Waals surface area contributed by atoms with Crippen molar-refractivity contribution in [2.24, 2.45) is 0 Å². The van der Waals surface area contributed by atoms with E-state index in [-0.39, 0.29) is 5.91 Å². The van der Waals surface area contributed by atoms with Gasteiger partial charge >= 0.3 is 0 Å². The van der Waals surface area contributed by atoms with Gasteiger partial charge in [-0.25, -0.2) is 0 Å². The lowest BCUT2D eigenvalue weighted by molar-refractivity contribution is 0.102.